The molecule has 2 amide bonds. The highest BCUT2D eigenvalue weighted by Crippen LogP contribution is 2.21. The molecule has 7 heteroatoms. The zero-order valence-corrected chi connectivity index (χ0v) is 17.7. The maximum Gasteiger partial charge on any atom is 0.225 e. The Hall–Kier alpha value is -2.44. The van der Waals surface area contributed by atoms with Gasteiger partial charge >= 0.3 is 0 Å². The summed E-state index contributed by atoms with van der Waals surface area (Å²) in [7, 11) is 3.83. The van der Waals surface area contributed by atoms with Crippen molar-refractivity contribution in [2.75, 3.05) is 27.2 Å². The van der Waals surface area contributed by atoms with E-state index >= 15 is 0 Å². The largest absolute Gasteiger partial charge is 0.349 e. The Kier molecular flexibility index (Phi) is 8.61. The molecule has 0 aliphatic carbocycles. The second-order valence-electron chi connectivity index (χ2n) is 7.22. The summed E-state index contributed by atoms with van der Waals surface area (Å²) in [5.74, 6) is -0.734. The number of halogens is 2. The zero-order valence-electron chi connectivity index (χ0n) is 17.0. The summed E-state index contributed by atoms with van der Waals surface area (Å²) < 4.78 is 14.1. The fraction of sp³-hybridized carbons (Fsp3) is 0.364. The third-order valence-electron chi connectivity index (χ3n) is 4.52. The molecule has 1 atom stereocenters. The molecule has 1 unspecified atom stereocenters. The fourth-order valence-electron chi connectivity index (χ4n) is 2.94. The van der Waals surface area contributed by atoms with E-state index in [-0.39, 0.29) is 30.6 Å². The molecule has 29 heavy (non-hydrogen) atoms. The first kappa shape index (κ1) is 22.8. The molecule has 0 saturated carbocycles. The number of carbonyl (C=O) groups excluding carboxylic acids is 2. The lowest BCUT2D eigenvalue weighted by Crippen LogP contribution is -2.39. The monoisotopic (exact) mass is 419 g/mol. The van der Waals surface area contributed by atoms with Crippen LogP contribution in [0.3, 0.4) is 0 Å². The number of benzene rings is 2. The lowest BCUT2D eigenvalue weighted by molar-refractivity contribution is -0.132. The topological polar surface area (TPSA) is 52.7 Å². The van der Waals surface area contributed by atoms with Crippen molar-refractivity contribution in [2.24, 2.45) is 0 Å². The van der Waals surface area contributed by atoms with Gasteiger partial charge in [0.1, 0.15) is 5.82 Å². The van der Waals surface area contributed by atoms with Crippen LogP contribution in [0.4, 0.5) is 4.39 Å². The molecule has 0 aliphatic heterocycles. The van der Waals surface area contributed by atoms with Crippen LogP contribution in [0.1, 0.15) is 30.5 Å². The van der Waals surface area contributed by atoms with E-state index in [0.29, 0.717) is 23.7 Å². The average molecular weight is 420 g/mol. The molecule has 5 nitrogen and oxygen atoms in total. The number of rotatable bonds is 9. The van der Waals surface area contributed by atoms with E-state index in [1.807, 2.05) is 19.0 Å². The first-order valence-electron chi connectivity index (χ1n) is 9.44. The van der Waals surface area contributed by atoms with E-state index in [1.54, 1.807) is 47.4 Å². The molecular weight excluding hydrogens is 393 g/mol. The summed E-state index contributed by atoms with van der Waals surface area (Å²) in [6.07, 6.45) is 0.0725. The van der Waals surface area contributed by atoms with E-state index in [9.17, 15) is 14.0 Å². The minimum Gasteiger partial charge on any atom is -0.349 e. The molecule has 0 saturated heterocycles. The Morgan fingerprint density at radius 3 is 2.31 bits per heavy atom. The Labute approximate surface area is 176 Å². The number of hydrogen-bond donors (Lipinski definition) is 1. The van der Waals surface area contributed by atoms with E-state index < -0.39 is 6.04 Å². The predicted molar refractivity (Wildman–Crippen MR) is 113 cm³/mol. The van der Waals surface area contributed by atoms with Crippen LogP contribution in [0.5, 0.6) is 0 Å². The van der Waals surface area contributed by atoms with Crippen LogP contribution in [-0.2, 0) is 16.1 Å². The molecular formula is C22H27ClFN3O2. The number of nitrogens with zero attached hydrogens (tertiary/aromatic N) is 2. The minimum atomic E-state index is -0.486. The van der Waals surface area contributed by atoms with Crippen LogP contribution in [0.2, 0.25) is 5.02 Å². The SMILES string of the molecule is CC(=O)NC(CC(=O)N(CCN(C)C)Cc1ccccc1F)c1ccc(Cl)cc1. The maximum atomic E-state index is 14.1. The van der Waals surface area contributed by atoms with Gasteiger partial charge in [-0.1, -0.05) is 41.9 Å². The van der Waals surface area contributed by atoms with Crippen molar-refractivity contribution < 1.29 is 14.0 Å². The van der Waals surface area contributed by atoms with Crippen molar-refractivity contribution in [3.63, 3.8) is 0 Å². The molecule has 156 valence electrons. The highest BCUT2D eigenvalue weighted by atomic mass is 35.5. The first-order chi connectivity index (χ1) is 13.8. The zero-order chi connectivity index (χ0) is 21.4. The molecule has 0 fully saturated rings. The van der Waals surface area contributed by atoms with E-state index in [0.717, 1.165) is 5.56 Å². The van der Waals surface area contributed by atoms with Gasteiger partial charge in [-0.2, -0.15) is 0 Å². The van der Waals surface area contributed by atoms with Crippen molar-refractivity contribution >= 4 is 23.4 Å². The van der Waals surface area contributed by atoms with Gasteiger partial charge in [0.2, 0.25) is 11.8 Å². The molecule has 0 bridgehead atoms. The fourth-order valence-corrected chi connectivity index (χ4v) is 3.07. The molecule has 0 radical (unpaired) electrons. The molecule has 1 N–H and O–H groups in total. The van der Waals surface area contributed by atoms with E-state index in [2.05, 4.69) is 5.32 Å². The van der Waals surface area contributed by atoms with E-state index in [4.69, 9.17) is 11.6 Å². The lowest BCUT2D eigenvalue weighted by atomic mass is 10.0. The molecule has 0 spiro atoms. The highest BCUT2D eigenvalue weighted by molar-refractivity contribution is 6.30. The summed E-state index contributed by atoms with van der Waals surface area (Å²) in [5, 5.41) is 3.41. The quantitative estimate of drug-likeness (QED) is 0.675. The third-order valence-corrected chi connectivity index (χ3v) is 4.77. The lowest BCUT2D eigenvalue weighted by Gasteiger charge is -2.27. The molecule has 0 heterocycles. The van der Waals surface area contributed by atoms with Crippen molar-refractivity contribution in [1.29, 1.82) is 0 Å². The van der Waals surface area contributed by atoms with E-state index in [1.165, 1.54) is 13.0 Å². The second kappa shape index (κ2) is 10.9. The van der Waals surface area contributed by atoms with Crippen LogP contribution in [0, 0.1) is 5.82 Å². The normalized spacial score (nSPS) is 11.9. The van der Waals surface area contributed by atoms with Gasteiger partial charge in [-0.05, 0) is 37.9 Å². The van der Waals surface area contributed by atoms with Crippen LogP contribution in [0.15, 0.2) is 48.5 Å². The summed E-state index contributed by atoms with van der Waals surface area (Å²) in [4.78, 5) is 28.4. The van der Waals surface area contributed by atoms with Gasteiger partial charge in [0, 0.05) is 37.1 Å². The van der Waals surface area contributed by atoms with Crippen LogP contribution < -0.4 is 5.32 Å². The van der Waals surface area contributed by atoms with Crippen molar-refractivity contribution in [2.45, 2.75) is 25.9 Å². The second-order valence-corrected chi connectivity index (χ2v) is 7.66. The van der Waals surface area contributed by atoms with Crippen LogP contribution in [-0.4, -0.2) is 48.8 Å². The van der Waals surface area contributed by atoms with Gasteiger partial charge in [0.05, 0.1) is 12.5 Å². The molecule has 2 aromatic rings. The Morgan fingerprint density at radius 1 is 1.07 bits per heavy atom. The third kappa shape index (κ3) is 7.48. The van der Waals surface area contributed by atoms with Crippen LogP contribution in [0.25, 0.3) is 0 Å². The maximum absolute atomic E-state index is 14.1. The summed E-state index contributed by atoms with van der Waals surface area (Å²) in [6, 6.07) is 13.0. The van der Waals surface area contributed by atoms with Crippen molar-refractivity contribution in [1.82, 2.24) is 15.1 Å². The van der Waals surface area contributed by atoms with Crippen molar-refractivity contribution in [3.05, 3.63) is 70.5 Å². The van der Waals surface area contributed by atoms with Gasteiger partial charge < -0.3 is 15.1 Å². The van der Waals surface area contributed by atoms with Gasteiger partial charge in [0.15, 0.2) is 0 Å². The Morgan fingerprint density at radius 2 is 1.72 bits per heavy atom. The summed E-state index contributed by atoms with van der Waals surface area (Å²) in [5.41, 5.74) is 1.25. The number of likely N-dealkylation sites (N-methyl/N-ethyl adjacent to an activating group) is 1. The van der Waals surface area contributed by atoms with Gasteiger partial charge in [-0.3, -0.25) is 9.59 Å². The number of carbonyl (C=O) groups is 2. The highest BCUT2D eigenvalue weighted by Gasteiger charge is 2.22. The molecule has 2 aromatic carbocycles. The Balaban J connectivity index is 2.20. The summed E-state index contributed by atoms with van der Waals surface area (Å²) >= 11 is 5.95. The average Bonchev–Trinajstić information content (AvgIpc) is 2.66. The molecule has 0 aliphatic rings. The smallest absolute Gasteiger partial charge is 0.225 e. The number of nitrogens with one attached hydrogen (secondary N) is 1. The number of amides is 2. The minimum absolute atomic E-state index is 0.0725. The van der Waals surface area contributed by atoms with Crippen molar-refractivity contribution in [3.8, 4) is 0 Å². The van der Waals surface area contributed by atoms with Gasteiger partial charge in [-0.25, -0.2) is 4.39 Å². The molecule has 2 rings (SSSR count). The predicted octanol–water partition coefficient (Wildman–Crippen LogP) is 3.64. The first-order valence-corrected chi connectivity index (χ1v) is 9.82. The number of hydrogen-bond acceptors (Lipinski definition) is 3. The summed E-state index contributed by atoms with van der Waals surface area (Å²) in [6.45, 7) is 2.68. The standard InChI is InChI=1S/C22H27ClFN3O2/c1-16(28)25-21(17-8-10-19(23)11-9-17)14-22(29)27(13-12-26(2)3)15-18-6-4-5-7-20(18)24/h4-11,21H,12-15H2,1-3H3,(H,25,28). The molecule has 0 aromatic heterocycles. The Bertz CT molecular complexity index is 827. The van der Waals surface area contributed by atoms with Gasteiger partial charge in [0.25, 0.3) is 0 Å². The van der Waals surface area contributed by atoms with Crippen LogP contribution >= 0.6 is 11.6 Å². The van der Waals surface area contributed by atoms with Gasteiger partial charge in [-0.15, -0.1) is 0 Å².